The van der Waals surface area contributed by atoms with Gasteiger partial charge in [-0.25, -0.2) is 0 Å². The molecule has 2 aromatic heterocycles. The highest BCUT2D eigenvalue weighted by atomic mass is 32.2. The van der Waals surface area contributed by atoms with Crippen LogP contribution in [0.25, 0.3) is 11.5 Å². The third-order valence-corrected chi connectivity index (χ3v) is 5.73. The fourth-order valence-corrected chi connectivity index (χ4v) is 3.82. The first kappa shape index (κ1) is 20.0. The standard InChI is InChI=1S/C18H19N7O4S/c1-10(16-21-22-17(29-16)12-4-6-13(7-5-12)25(27)28)30-18-23-20-15(11-2-3-11)24(18)9-8-14(19)26/h4-7,10-11H,2-3,8-9H2,1H3,(H2,19,26). The Morgan fingerprint density at radius 3 is 2.67 bits per heavy atom. The monoisotopic (exact) mass is 429 g/mol. The highest BCUT2D eigenvalue weighted by Crippen LogP contribution is 2.42. The minimum absolute atomic E-state index is 0.0100. The van der Waals surface area contributed by atoms with Gasteiger partial charge in [0.2, 0.25) is 17.7 Å². The lowest BCUT2D eigenvalue weighted by Gasteiger charge is -2.10. The summed E-state index contributed by atoms with van der Waals surface area (Å²) in [6, 6.07) is 5.90. The predicted molar refractivity (Wildman–Crippen MR) is 106 cm³/mol. The predicted octanol–water partition coefficient (Wildman–Crippen LogP) is 2.84. The van der Waals surface area contributed by atoms with E-state index in [1.807, 2.05) is 11.5 Å². The van der Waals surface area contributed by atoms with E-state index in [0.29, 0.717) is 29.1 Å². The highest BCUT2D eigenvalue weighted by Gasteiger charge is 2.31. The van der Waals surface area contributed by atoms with Crippen molar-refractivity contribution in [1.29, 1.82) is 0 Å². The van der Waals surface area contributed by atoms with E-state index in [1.165, 1.54) is 23.9 Å². The molecule has 4 rings (SSSR count). The molecule has 2 heterocycles. The van der Waals surface area contributed by atoms with Crippen LogP contribution in [-0.4, -0.2) is 35.8 Å². The van der Waals surface area contributed by atoms with Crippen LogP contribution in [0, 0.1) is 10.1 Å². The van der Waals surface area contributed by atoms with Gasteiger partial charge in [-0.3, -0.25) is 14.9 Å². The van der Waals surface area contributed by atoms with Gasteiger partial charge in [0.15, 0.2) is 5.16 Å². The van der Waals surface area contributed by atoms with E-state index in [2.05, 4.69) is 20.4 Å². The molecule has 30 heavy (non-hydrogen) atoms. The van der Waals surface area contributed by atoms with Crippen LogP contribution in [0.4, 0.5) is 5.69 Å². The minimum Gasteiger partial charge on any atom is -0.419 e. The Kier molecular flexibility index (Phi) is 5.48. The number of hydrogen-bond donors (Lipinski definition) is 1. The molecule has 2 N–H and O–H groups in total. The summed E-state index contributed by atoms with van der Waals surface area (Å²) in [5, 5.41) is 28.0. The van der Waals surface area contributed by atoms with Crippen LogP contribution < -0.4 is 5.73 Å². The molecule has 1 fully saturated rings. The Balaban J connectivity index is 1.50. The molecular weight excluding hydrogens is 410 g/mol. The summed E-state index contributed by atoms with van der Waals surface area (Å²) in [6.07, 6.45) is 2.35. The van der Waals surface area contributed by atoms with Crippen molar-refractivity contribution in [2.45, 2.75) is 49.1 Å². The number of aromatic nitrogens is 5. The van der Waals surface area contributed by atoms with Crippen LogP contribution in [0.15, 0.2) is 33.8 Å². The third kappa shape index (κ3) is 4.32. The van der Waals surface area contributed by atoms with Gasteiger partial charge in [-0.2, -0.15) is 0 Å². The van der Waals surface area contributed by atoms with Gasteiger partial charge in [0.25, 0.3) is 5.69 Å². The molecule has 0 aliphatic heterocycles. The zero-order chi connectivity index (χ0) is 21.3. The first-order valence-electron chi connectivity index (χ1n) is 9.38. The van der Waals surface area contributed by atoms with Gasteiger partial charge in [-0.15, -0.1) is 20.4 Å². The van der Waals surface area contributed by atoms with Crippen molar-refractivity contribution in [2.75, 3.05) is 0 Å². The lowest BCUT2D eigenvalue weighted by Crippen LogP contribution is -2.15. The van der Waals surface area contributed by atoms with Gasteiger partial charge in [0.1, 0.15) is 5.82 Å². The molecule has 156 valence electrons. The zero-order valence-corrected chi connectivity index (χ0v) is 16.9. The molecule has 1 aliphatic carbocycles. The summed E-state index contributed by atoms with van der Waals surface area (Å²) in [5.41, 5.74) is 5.89. The Morgan fingerprint density at radius 2 is 2.03 bits per heavy atom. The SMILES string of the molecule is CC(Sc1nnc(C2CC2)n1CCC(N)=O)c1nnc(-c2ccc([N+](=O)[O-])cc2)o1. The number of thioether (sulfide) groups is 1. The van der Waals surface area contributed by atoms with Crippen LogP contribution in [-0.2, 0) is 11.3 Å². The van der Waals surface area contributed by atoms with E-state index in [4.69, 9.17) is 10.2 Å². The number of rotatable bonds is 9. The Morgan fingerprint density at radius 1 is 1.30 bits per heavy atom. The Labute approximate surface area is 175 Å². The fraction of sp³-hybridized carbons (Fsp3) is 0.389. The molecule has 1 amide bonds. The number of hydrogen-bond acceptors (Lipinski definition) is 9. The number of nitrogens with two attached hydrogens (primary N) is 1. The number of carbonyl (C=O) groups excluding carboxylic acids is 1. The molecule has 0 radical (unpaired) electrons. The molecule has 1 unspecified atom stereocenters. The topological polar surface area (TPSA) is 156 Å². The summed E-state index contributed by atoms with van der Waals surface area (Å²) < 4.78 is 7.71. The second kappa shape index (κ2) is 8.22. The van der Waals surface area contributed by atoms with Crippen molar-refractivity contribution in [3.8, 4) is 11.5 Å². The number of nitro groups is 1. The van der Waals surface area contributed by atoms with Crippen molar-refractivity contribution < 1.29 is 14.1 Å². The number of non-ortho nitro benzene ring substituents is 1. The Bertz CT molecular complexity index is 1070. The van der Waals surface area contributed by atoms with Gasteiger partial charge in [0.05, 0.1) is 10.2 Å². The quantitative estimate of drug-likeness (QED) is 0.307. The van der Waals surface area contributed by atoms with Crippen LogP contribution in [0.2, 0.25) is 0 Å². The number of benzene rings is 1. The summed E-state index contributed by atoms with van der Waals surface area (Å²) in [6.45, 7) is 2.34. The van der Waals surface area contributed by atoms with Crippen LogP contribution in [0.3, 0.4) is 0 Å². The second-order valence-corrected chi connectivity index (χ2v) is 8.30. The summed E-state index contributed by atoms with van der Waals surface area (Å²) >= 11 is 1.41. The average Bonchev–Trinajstić information content (AvgIpc) is 3.30. The van der Waals surface area contributed by atoms with Gasteiger partial charge in [-0.05, 0) is 31.9 Å². The number of nitrogens with zero attached hydrogens (tertiary/aromatic N) is 6. The fourth-order valence-electron chi connectivity index (χ4n) is 2.91. The van der Waals surface area contributed by atoms with Crippen LogP contribution >= 0.6 is 11.8 Å². The normalized spacial score (nSPS) is 14.6. The van der Waals surface area contributed by atoms with Crippen molar-refractivity contribution in [1.82, 2.24) is 25.0 Å². The molecule has 12 heteroatoms. The first-order chi connectivity index (χ1) is 14.4. The third-order valence-electron chi connectivity index (χ3n) is 4.67. The summed E-state index contributed by atoms with van der Waals surface area (Å²) in [5.74, 6) is 1.56. The van der Waals surface area contributed by atoms with Gasteiger partial charge >= 0.3 is 0 Å². The molecule has 1 aromatic carbocycles. The molecule has 0 bridgehead atoms. The van der Waals surface area contributed by atoms with Crippen molar-refractivity contribution in [2.24, 2.45) is 5.73 Å². The molecule has 0 saturated heterocycles. The minimum atomic E-state index is -0.466. The van der Waals surface area contributed by atoms with E-state index in [1.54, 1.807) is 12.1 Å². The van der Waals surface area contributed by atoms with Gasteiger partial charge < -0.3 is 14.7 Å². The molecule has 0 spiro atoms. The van der Waals surface area contributed by atoms with Crippen LogP contribution in [0.5, 0.6) is 0 Å². The molecular formula is C18H19N7O4S. The Hall–Kier alpha value is -3.28. The van der Waals surface area contributed by atoms with Gasteiger partial charge in [0, 0.05) is 36.6 Å². The van der Waals surface area contributed by atoms with E-state index < -0.39 is 4.92 Å². The van der Waals surface area contributed by atoms with E-state index in [0.717, 1.165) is 18.7 Å². The maximum absolute atomic E-state index is 11.2. The smallest absolute Gasteiger partial charge is 0.269 e. The maximum atomic E-state index is 11.2. The second-order valence-electron chi connectivity index (χ2n) is 6.99. The van der Waals surface area contributed by atoms with E-state index in [-0.39, 0.29) is 29.2 Å². The van der Waals surface area contributed by atoms with Crippen molar-refractivity contribution in [3.63, 3.8) is 0 Å². The molecule has 1 saturated carbocycles. The highest BCUT2D eigenvalue weighted by molar-refractivity contribution is 7.99. The average molecular weight is 429 g/mol. The molecule has 3 aromatic rings. The zero-order valence-electron chi connectivity index (χ0n) is 16.1. The van der Waals surface area contributed by atoms with Crippen LogP contribution in [0.1, 0.15) is 49.1 Å². The lowest BCUT2D eigenvalue weighted by atomic mass is 10.2. The lowest BCUT2D eigenvalue weighted by molar-refractivity contribution is -0.384. The number of nitro benzene ring substituents is 1. The molecule has 1 aliphatic rings. The number of carbonyl (C=O) groups is 1. The van der Waals surface area contributed by atoms with Gasteiger partial charge in [-0.1, -0.05) is 11.8 Å². The number of amides is 1. The summed E-state index contributed by atoms with van der Waals surface area (Å²) in [7, 11) is 0. The molecule has 11 nitrogen and oxygen atoms in total. The van der Waals surface area contributed by atoms with Crippen molar-refractivity contribution in [3.05, 3.63) is 46.1 Å². The van der Waals surface area contributed by atoms with E-state index >= 15 is 0 Å². The summed E-state index contributed by atoms with van der Waals surface area (Å²) in [4.78, 5) is 21.6. The maximum Gasteiger partial charge on any atom is 0.269 e. The first-order valence-corrected chi connectivity index (χ1v) is 10.3. The van der Waals surface area contributed by atoms with E-state index in [9.17, 15) is 14.9 Å². The number of primary amides is 1. The molecule has 1 atom stereocenters. The largest absolute Gasteiger partial charge is 0.419 e. The van der Waals surface area contributed by atoms with Crippen molar-refractivity contribution >= 4 is 23.4 Å².